The number of nitrogens with one attached hydrogen (secondary N) is 1. The van der Waals surface area contributed by atoms with Crippen molar-refractivity contribution in [2.24, 2.45) is 0 Å². The predicted molar refractivity (Wildman–Crippen MR) is 121 cm³/mol. The monoisotopic (exact) mass is 458 g/mol. The van der Waals surface area contributed by atoms with E-state index in [0.717, 1.165) is 4.90 Å². The highest BCUT2D eigenvalue weighted by molar-refractivity contribution is 7.80. The molecule has 0 aliphatic rings. The van der Waals surface area contributed by atoms with Crippen LogP contribution in [0.15, 0.2) is 29.2 Å². The number of nitrogens with zero attached hydrogens (tertiary/aromatic N) is 3. The molecule has 8 nitrogen and oxygen atoms in total. The maximum Gasteiger partial charge on any atom is 0.251 e. The molecule has 0 spiro atoms. The summed E-state index contributed by atoms with van der Waals surface area (Å²) >= 11 is 4.26. The average Bonchev–Trinajstić information content (AvgIpc) is 2.79. The number of nitriles is 3. The molecule has 0 aliphatic carbocycles. The van der Waals surface area contributed by atoms with E-state index in [2.05, 4.69) is 17.9 Å². The Kier molecular flexibility index (Phi) is 14.6. The highest BCUT2D eigenvalue weighted by Crippen LogP contribution is 2.23. The van der Waals surface area contributed by atoms with E-state index in [1.165, 1.54) is 0 Å². The average molecular weight is 459 g/mol. The molecule has 0 fully saturated rings. The molecule has 0 heterocycles. The summed E-state index contributed by atoms with van der Waals surface area (Å²) in [5.41, 5.74) is -0.170. The van der Waals surface area contributed by atoms with Crippen LogP contribution >= 0.6 is 12.6 Å². The van der Waals surface area contributed by atoms with Crippen LogP contribution in [0.5, 0.6) is 0 Å². The maximum absolute atomic E-state index is 13.0. The second-order valence-electron chi connectivity index (χ2n) is 7.09. The molecular weight excluding hydrogens is 428 g/mol. The van der Waals surface area contributed by atoms with Crippen molar-refractivity contribution >= 4 is 18.5 Å². The van der Waals surface area contributed by atoms with Gasteiger partial charge >= 0.3 is 0 Å². The van der Waals surface area contributed by atoms with Crippen molar-refractivity contribution in [2.75, 3.05) is 39.6 Å². The minimum atomic E-state index is -0.678. The molecule has 1 aromatic rings. The Bertz CT molecular complexity index is 736. The van der Waals surface area contributed by atoms with Gasteiger partial charge in [-0.15, -0.1) is 12.6 Å². The molecule has 0 atom stereocenters. The molecule has 1 aromatic carbocycles. The second kappa shape index (κ2) is 17.0. The van der Waals surface area contributed by atoms with Gasteiger partial charge in [0.2, 0.25) is 0 Å². The lowest BCUT2D eigenvalue weighted by Crippen LogP contribution is -2.51. The molecule has 32 heavy (non-hydrogen) atoms. The fraction of sp³-hybridized carbons (Fsp3) is 0.565. The van der Waals surface area contributed by atoms with E-state index >= 15 is 0 Å². The first-order valence-electron chi connectivity index (χ1n) is 10.5. The van der Waals surface area contributed by atoms with Gasteiger partial charge in [-0.25, -0.2) is 0 Å². The van der Waals surface area contributed by atoms with Gasteiger partial charge in [0, 0.05) is 35.8 Å². The van der Waals surface area contributed by atoms with Crippen molar-refractivity contribution in [2.45, 2.75) is 49.0 Å². The number of hydrogen-bond donors (Lipinski definition) is 2. The summed E-state index contributed by atoms with van der Waals surface area (Å²) in [6.45, 7) is 2.03. The van der Waals surface area contributed by atoms with Gasteiger partial charge in [0.05, 0.1) is 57.3 Å². The molecule has 0 unspecified atom stereocenters. The summed E-state index contributed by atoms with van der Waals surface area (Å²) in [4.78, 5) is 13.7. The van der Waals surface area contributed by atoms with Crippen LogP contribution in [0.3, 0.4) is 0 Å². The molecule has 0 saturated heterocycles. The Labute approximate surface area is 195 Å². The second-order valence-corrected chi connectivity index (χ2v) is 7.61. The van der Waals surface area contributed by atoms with E-state index in [1.54, 1.807) is 24.3 Å². The van der Waals surface area contributed by atoms with Crippen LogP contribution in [0.4, 0.5) is 0 Å². The fourth-order valence-corrected chi connectivity index (χ4v) is 3.10. The van der Waals surface area contributed by atoms with Gasteiger partial charge in [-0.05, 0) is 43.5 Å². The highest BCUT2D eigenvalue weighted by atomic mass is 32.1. The van der Waals surface area contributed by atoms with Gasteiger partial charge in [-0.2, -0.15) is 15.8 Å². The standard InChI is InChI=1S/C23H30N4O4S/c24-11-1-14-29-17-8-23(9-18-30-15-2-12-25,10-19-31-16-3-13-26)27-22(28)20-4-6-21(32)7-5-20/h4-7,32H,1-3,8-10,14-19H2,(H,27,28). The number of thiol groups is 1. The number of hydrogen-bond acceptors (Lipinski definition) is 8. The molecule has 1 N–H and O–H groups in total. The molecule has 0 aromatic heterocycles. The lowest BCUT2D eigenvalue weighted by Gasteiger charge is -2.35. The molecule has 1 amide bonds. The summed E-state index contributed by atoms with van der Waals surface area (Å²) in [5, 5.41) is 29.2. The SMILES string of the molecule is N#CCCOCCC(CCOCCC#N)(CCOCCC#N)NC(=O)c1ccc(S)cc1. The van der Waals surface area contributed by atoms with Gasteiger partial charge in [-0.1, -0.05) is 0 Å². The highest BCUT2D eigenvalue weighted by Gasteiger charge is 2.32. The zero-order valence-corrected chi connectivity index (χ0v) is 19.1. The van der Waals surface area contributed by atoms with E-state index in [4.69, 9.17) is 30.0 Å². The van der Waals surface area contributed by atoms with Gasteiger partial charge in [-0.3, -0.25) is 4.79 Å². The first-order valence-corrected chi connectivity index (χ1v) is 11.0. The van der Waals surface area contributed by atoms with E-state index in [1.807, 2.05) is 18.2 Å². The summed E-state index contributed by atoms with van der Waals surface area (Å²) in [5.74, 6) is -0.232. The van der Waals surface area contributed by atoms with Gasteiger partial charge in [0.15, 0.2) is 0 Å². The van der Waals surface area contributed by atoms with Crippen LogP contribution in [-0.4, -0.2) is 51.1 Å². The Morgan fingerprint density at radius 1 is 0.781 bits per heavy atom. The van der Waals surface area contributed by atoms with Crippen molar-refractivity contribution in [1.29, 1.82) is 15.8 Å². The Hall–Kier alpha value is -2.61. The van der Waals surface area contributed by atoms with Crippen LogP contribution in [-0.2, 0) is 14.2 Å². The van der Waals surface area contributed by atoms with E-state index in [9.17, 15) is 4.79 Å². The van der Waals surface area contributed by atoms with Gasteiger partial charge < -0.3 is 19.5 Å². The third kappa shape index (κ3) is 11.7. The van der Waals surface area contributed by atoms with Crippen LogP contribution < -0.4 is 5.32 Å². The molecule has 172 valence electrons. The summed E-state index contributed by atoms with van der Waals surface area (Å²) in [6, 6.07) is 13.0. The number of benzene rings is 1. The van der Waals surface area contributed by atoms with Crippen molar-refractivity contribution < 1.29 is 19.0 Å². The van der Waals surface area contributed by atoms with Crippen LogP contribution in [0.1, 0.15) is 48.9 Å². The normalized spacial score (nSPS) is 10.7. The van der Waals surface area contributed by atoms with Crippen LogP contribution in [0.2, 0.25) is 0 Å². The molecular formula is C23H30N4O4S. The van der Waals surface area contributed by atoms with Gasteiger partial charge in [0.25, 0.3) is 5.91 Å². The molecule has 0 aliphatic heterocycles. The molecule has 0 saturated carbocycles. The van der Waals surface area contributed by atoms with Crippen molar-refractivity contribution in [3.8, 4) is 18.2 Å². The topological polar surface area (TPSA) is 128 Å². The van der Waals surface area contributed by atoms with Gasteiger partial charge in [0.1, 0.15) is 0 Å². The number of carbonyl (C=O) groups excluding carboxylic acids is 1. The molecule has 9 heteroatoms. The van der Waals surface area contributed by atoms with Crippen LogP contribution in [0.25, 0.3) is 0 Å². The lowest BCUT2D eigenvalue weighted by atomic mass is 9.87. The third-order valence-electron chi connectivity index (χ3n) is 4.76. The number of amides is 1. The third-order valence-corrected chi connectivity index (χ3v) is 5.06. The fourth-order valence-electron chi connectivity index (χ4n) is 2.95. The number of carbonyl (C=O) groups is 1. The Balaban J connectivity index is 2.91. The Morgan fingerprint density at radius 2 is 1.19 bits per heavy atom. The van der Waals surface area contributed by atoms with Crippen molar-refractivity contribution in [1.82, 2.24) is 5.32 Å². The van der Waals surface area contributed by atoms with Crippen molar-refractivity contribution in [3.05, 3.63) is 29.8 Å². The van der Waals surface area contributed by atoms with E-state index in [0.29, 0.717) is 83.7 Å². The largest absolute Gasteiger partial charge is 0.380 e. The first kappa shape index (κ1) is 27.4. The molecule has 0 radical (unpaired) electrons. The molecule has 0 bridgehead atoms. The lowest BCUT2D eigenvalue weighted by molar-refractivity contribution is 0.0495. The zero-order chi connectivity index (χ0) is 23.5. The number of rotatable bonds is 17. The van der Waals surface area contributed by atoms with Crippen molar-refractivity contribution in [3.63, 3.8) is 0 Å². The first-order chi connectivity index (χ1) is 15.6. The molecule has 1 rings (SSSR count). The van der Waals surface area contributed by atoms with Crippen LogP contribution in [0, 0.1) is 34.0 Å². The summed E-state index contributed by atoms with van der Waals surface area (Å²) < 4.78 is 16.7. The minimum Gasteiger partial charge on any atom is -0.380 e. The number of ether oxygens (including phenoxy) is 3. The predicted octanol–water partition coefficient (Wildman–Crippen LogP) is 3.41. The van der Waals surface area contributed by atoms with E-state index < -0.39 is 5.54 Å². The Morgan fingerprint density at radius 3 is 1.56 bits per heavy atom. The summed E-state index contributed by atoms with van der Waals surface area (Å²) in [6.07, 6.45) is 2.38. The zero-order valence-electron chi connectivity index (χ0n) is 18.2. The minimum absolute atomic E-state index is 0.232. The maximum atomic E-state index is 13.0. The quantitative estimate of drug-likeness (QED) is 0.270. The van der Waals surface area contributed by atoms with E-state index in [-0.39, 0.29) is 5.91 Å². The summed E-state index contributed by atoms with van der Waals surface area (Å²) in [7, 11) is 0. The smallest absolute Gasteiger partial charge is 0.251 e.